The number of benzene rings is 2. The Balaban J connectivity index is 1.56. The Bertz CT molecular complexity index is 826. The summed E-state index contributed by atoms with van der Waals surface area (Å²) in [6, 6.07) is 9.89. The smallest absolute Gasteiger partial charge is 0.254 e. The van der Waals surface area contributed by atoms with Gasteiger partial charge in [-0.1, -0.05) is 23.7 Å². The average Bonchev–Trinajstić information content (AvgIpc) is 3.23. The maximum atomic E-state index is 13.4. The van der Waals surface area contributed by atoms with Crippen LogP contribution in [0.15, 0.2) is 36.4 Å². The van der Waals surface area contributed by atoms with Crippen LogP contribution < -0.4 is 9.47 Å². The van der Waals surface area contributed by atoms with Gasteiger partial charge in [-0.25, -0.2) is 4.39 Å². The van der Waals surface area contributed by atoms with E-state index in [9.17, 15) is 9.18 Å². The van der Waals surface area contributed by atoms with E-state index in [-0.39, 0.29) is 24.6 Å². The first-order chi connectivity index (χ1) is 12.1. The number of rotatable bonds is 3. The number of hydrogen-bond acceptors (Lipinski definition) is 3. The number of nitrogens with zero attached hydrogens (tertiary/aromatic N) is 1. The van der Waals surface area contributed by atoms with E-state index in [1.165, 1.54) is 12.1 Å². The van der Waals surface area contributed by atoms with Crippen LogP contribution in [0.5, 0.6) is 11.5 Å². The van der Waals surface area contributed by atoms with Gasteiger partial charge in [-0.3, -0.25) is 4.79 Å². The summed E-state index contributed by atoms with van der Waals surface area (Å²) in [6.45, 7) is 0.795. The van der Waals surface area contributed by atoms with Crippen LogP contribution in [0.4, 0.5) is 4.39 Å². The second-order valence-corrected chi connectivity index (χ2v) is 6.73. The Morgan fingerprint density at radius 2 is 2.16 bits per heavy atom. The number of hydrogen-bond donors (Lipinski definition) is 0. The molecule has 2 aliphatic heterocycles. The summed E-state index contributed by atoms with van der Waals surface area (Å²) in [4.78, 5) is 14.8. The maximum Gasteiger partial charge on any atom is 0.254 e. The third-order valence-corrected chi connectivity index (χ3v) is 4.95. The van der Waals surface area contributed by atoms with Gasteiger partial charge in [-0.2, -0.15) is 0 Å². The van der Waals surface area contributed by atoms with Gasteiger partial charge >= 0.3 is 0 Å². The quantitative estimate of drug-likeness (QED) is 0.827. The molecule has 0 aromatic heterocycles. The number of likely N-dealkylation sites (tertiary alicyclic amines) is 1. The van der Waals surface area contributed by atoms with E-state index in [0.29, 0.717) is 35.1 Å². The SMILES string of the molecule is O=C(c1cc(Cl)c2c(c1)OCO2)N1CCC[C@H]1Cc1cccc(F)c1. The first-order valence-electron chi connectivity index (χ1n) is 8.26. The lowest BCUT2D eigenvalue weighted by Gasteiger charge is -2.25. The van der Waals surface area contributed by atoms with Crippen molar-refractivity contribution in [1.29, 1.82) is 0 Å². The maximum absolute atomic E-state index is 13.4. The molecule has 6 heteroatoms. The summed E-state index contributed by atoms with van der Waals surface area (Å²) in [5.74, 6) is 0.641. The molecule has 25 heavy (non-hydrogen) atoms. The molecule has 2 aromatic carbocycles. The van der Waals surface area contributed by atoms with Crippen LogP contribution in [-0.4, -0.2) is 30.2 Å². The van der Waals surface area contributed by atoms with Crippen molar-refractivity contribution in [1.82, 2.24) is 4.90 Å². The molecule has 0 radical (unpaired) electrons. The summed E-state index contributed by atoms with van der Waals surface area (Å²) in [5.41, 5.74) is 1.38. The van der Waals surface area contributed by atoms with E-state index in [0.717, 1.165) is 18.4 Å². The molecular formula is C19H17ClFNO3. The third-order valence-electron chi connectivity index (χ3n) is 4.67. The molecule has 0 unspecified atom stereocenters. The average molecular weight is 362 g/mol. The van der Waals surface area contributed by atoms with Crippen molar-refractivity contribution >= 4 is 17.5 Å². The number of fused-ring (bicyclic) bond motifs is 1. The zero-order chi connectivity index (χ0) is 17.4. The highest BCUT2D eigenvalue weighted by atomic mass is 35.5. The van der Waals surface area contributed by atoms with E-state index >= 15 is 0 Å². The van der Waals surface area contributed by atoms with E-state index in [2.05, 4.69) is 0 Å². The molecule has 2 aromatic rings. The van der Waals surface area contributed by atoms with Crippen molar-refractivity contribution in [3.05, 3.63) is 58.4 Å². The number of carbonyl (C=O) groups is 1. The van der Waals surface area contributed by atoms with Crippen molar-refractivity contribution in [2.75, 3.05) is 13.3 Å². The molecule has 4 nitrogen and oxygen atoms in total. The largest absolute Gasteiger partial charge is 0.454 e. The highest BCUT2D eigenvalue weighted by Crippen LogP contribution is 2.40. The van der Waals surface area contributed by atoms with Crippen LogP contribution in [-0.2, 0) is 6.42 Å². The summed E-state index contributed by atoms with van der Waals surface area (Å²) >= 11 is 6.19. The molecule has 0 saturated carbocycles. The predicted molar refractivity (Wildman–Crippen MR) is 91.7 cm³/mol. The summed E-state index contributed by atoms with van der Waals surface area (Å²) in [6.07, 6.45) is 2.48. The van der Waals surface area contributed by atoms with Gasteiger partial charge < -0.3 is 14.4 Å². The first kappa shape index (κ1) is 16.2. The fourth-order valence-electron chi connectivity index (χ4n) is 3.51. The zero-order valence-corrected chi connectivity index (χ0v) is 14.3. The van der Waals surface area contributed by atoms with Gasteiger partial charge in [0.1, 0.15) is 5.82 Å². The van der Waals surface area contributed by atoms with Crippen molar-refractivity contribution < 1.29 is 18.7 Å². The number of halogens is 2. The van der Waals surface area contributed by atoms with Crippen molar-refractivity contribution in [2.24, 2.45) is 0 Å². The van der Waals surface area contributed by atoms with Gasteiger partial charge in [0.05, 0.1) is 5.02 Å². The van der Waals surface area contributed by atoms with Gasteiger partial charge in [0.15, 0.2) is 11.5 Å². The molecule has 0 bridgehead atoms. The molecule has 1 atom stereocenters. The number of ether oxygens (including phenoxy) is 2. The molecule has 1 fully saturated rings. The van der Waals surface area contributed by atoms with Gasteiger partial charge in [0.25, 0.3) is 5.91 Å². The van der Waals surface area contributed by atoms with Crippen molar-refractivity contribution in [2.45, 2.75) is 25.3 Å². The van der Waals surface area contributed by atoms with Crippen molar-refractivity contribution in [3.63, 3.8) is 0 Å². The fraction of sp³-hybridized carbons (Fsp3) is 0.316. The van der Waals surface area contributed by atoms with E-state index in [4.69, 9.17) is 21.1 Å². The molecular weight excluding hydrogens is 345 g/mol. The second kappa shape index (κ2) is 6.56. The first-order valence-corrected chi connectivity index (χ1v) is 8.64. The summed E-state index contributed by atoms with van der Waals surface area (Å²) in [5, 5.41) is 0.374. The molecule has 130 valence electrons. The molecule has 1 saturated heterocycles. The topological polar surface area (TPSA) is 38.8 Å². The lowest BCUT2D eigenvalue weighted by Crippen LogP contribution is -2.36. The molecule has 2 aliphatic rings. The standard InChI is InChI=1S/C19H17ClFNO3/c20-16-9-13(10-17-18(16)25-11-24-17)19(23)22-6-2-5-15(22)8-12-3-1-4-14(21)7-12/h1,3-4,7,9-10,15H,2,5-6,8,11H2/t15-/m0/s1. The predicted octanol–water partition coefficient (Wildman–Crippen LogP) is 4.06. The summed E-state index contributed by atoms with van der Waals surface area (Å²) < 4.78 is 24.0. The Hall–Kier alpha value is -2.27. The van der Waals surface area contributed by atoms with Gasteiger partial charge in [0.2, 0.25) is 6.79 Å². The van der Waals surface area contributed by atoms with E-state index in [1.54, 1.807) is 18.2 Å². The van der Waals surface area contributed by atoms with E-state index < -0.39 is 0 Å². The number of carbonyl (C=O) groups excluding carboxylic acids is 1. The minimum Gasteiger partial charge on any atom is -0.454 e. The van der Waals surface area contributed by atoms with Crippen LogP contribution >= 0.6 is 11.6 Å². The van der Waals surface area contributed by atoms with Crippen LogP contribution in [0.2, 0.25) is 5.02 Å². The van der Waals surface area contributed by atoms with Gasteiger partial charge in [-0.05, 0) is 49.1 Å². The van der Waals surface area contributed by atoms with Crippen molar-refractivity contribution in [3.8, 4) is 11.5 Å². The highest BCUT2D eigenvalue weighted by molar-refractivity contribution is 6.32. The third kappa shape index (κ3) is 3.16. The van der Waals surface area contributed by atoms with Crippen LogP contribution in [0, 0.1) is 5.82 Å². The molecule has 0 aliphatic carbocycles. The normalized spacial score (nSPS) is 18.6. The Morgan fingerprint density at radius 3 is 3.00 bits per heavy atom. The second-order valence-electron chi connectivity index (χ2n) is 6.32. The van der Waals surface area contributed by atoms with Crippen LogP contribution in [0.1, 0.15) is 28.8 Å². The Kier molecular flexibility index (Phi) is 4.25. The highest BCUT2D eigenvalue weighted by Gasteiger charge is 2.31. The minimum absolute atomic E-state index is 0.0542. The summed E-state index contributed by atoms with van der Waals surface area (Å²) in [7, 11) is 0. The molecule has 0 N–H and O–H groups in total. The zero-order valence-electron chi connectivity index (χ0n) is 13.5. The lowest BCUT2D eigenvalue weighted by molar-refractivity contribution is 0.0736. The molecule has 1 amide bonds. The monoisotopic (exact) mass is 361 g/mol. The van der Waals surface area contributed by atoms with Gasteiger partial charge in [0, 0.05) is 18.2 Å². The Labute approximate surface area is 150 Å². The minimum atomic E-state index is -0.254. The van der Waals surface area contributed by atoms with E-state index in [1.807, 2.05) is 11.0 Å². The lowest BCUT2D eigenvalue weighted by atomic mass is 10.0. The van der Waals surface area contributed by atoms with Crippen LogP contribution in [0.25, 0.3) is 0 Å². The van der Waals surface area contributed by atoms with Crippen LogP contribution in [0.3, 0.4) is 0 Å². The Morgan fingerprint density at radius 1 is 1.28 bits per heavy atom. The fourth-order valence-corrected chi connectivity index (χ4v) is 3.77. The molecule has 4 rings (SSSR count). The number of amides is 1. The molecule has 0 spiro atoms. The van der Waals surface area contributed by atoms with Gasteiger partial charge in [-0.15, -0.1) is 0 Å². The molecule has 2 heterocycles.